The van der Waals surface area contributed by atoms with E-state index in [0.29, 0.717) is 16.5 Å². The summed E-state index contributed by atoms with van der Waals surface area (Å²) >= 11 is 1.38. The molecule has 0 spiro atoms. The van der Waals surface area contributed by atoms with Gasteiger partial charge in [0, 0.05) is 17.0 Å². The Kier molecular flexibility index (Phi) is 6.23. The summed E-state index contributed by atoms with van der Waals surface area (Å²) in [5.41, 5.74) is 1.53. The maximum atomic E-state index is 12.4. The number of hydrogen-bond donors (Lipinski definition) is 2. The molecule has 2 N–H and O–H groups in total. The van der Waals surface area contributed by atoms with E-state index >= 15 is 0 Å². The molecule has 1 heterocycles. The number of esters is 1. The van der Waals surface area contributed by atoms with Gasteiger partial charge in [0.1, 0.15) is 5.00 Å². The van der Waals surface area contributed by atoms with E-state index in [1.54, 1.807) is 6.92 Å². The van der Waals surface area contributed by atoms with E-state index in [2.05, 4.69) is 26.1 Å². The van der Waals surface area contributed by atoms with Gasteiger partial charge in [0.25, 0.3) is 0 Å². The first-order valence-electron chi connectivity index (χ1n) is 8.67. The molecule has 0 aliphatic heterocycles. The lowest BCUT2D eigenvalue weighted by Gasteiger charge is -2.33. The highest BCUT2D eigenvalue weighted by molar-refractivity contribution is 7.17. The van der Waals surface area contributed by atoms with Crippen molar-refractivity contribution in [1.82, 2.24) is 0 Å². The van der Waals surface area contributed by atoms with E-state index in [-0.39, 0.29) is 12.0 Å². The van der Waals surface area contributed by atoms with Crippen LogP contribution < -0.4 is 5.32 Å². The van der Waals surface area contributed by atoms with Crippen LogP contribution in [0.1, 0.15) is 54.9 Å². The zero-order valence-corrected chi connectivity index (χ0v) is 16.4. The van der Waals surface area contributed by atoms with Crippen molar-refractivity contribution in [3.8, 4) is 0 Å². The van der Waals surface area contributed by atoms with Gasteiger partial charge in [0.2, 0.25) is 5.91 Å². The van der Waals surface area contributed by atoms with Crippen LogP contribution in [0.5, 0.6) is 0 Å². The quantitative estimate of drug-likeness (QED) is 0.602. The summed E-state index contributed by atoms with van der Waals surface area (Å²) in [5.74, 6) is -1.73. The lowest BCUT2D eigenvalue weighted by atomic mass is 9.72. The van der Waals surface area contributed by atoms with Gasteiger partial charge in [0.05, 0.1) is 12.2 Å². The maximum absolute atomic E-state index is 12.4. The number of rotatable bonds is 5. The summed E-state index contributed by atoms with van der Waals surface area (Å²) in [6.07, 6.45) is 4.31. The number of aliphatic carboxylic acids is 1. The average Bonchev–Trinajstić information content (AvgIpc) is 2.89. The first-order chi connectivity index (χ1) is 12.1. The zero-order valence-electron chi connectivity index (χ0n) is 15.5. The summed E-state index contributed by atoms with van der Waals surface area (Å²) in [5, 5.41) is 11.7. The lowest BCUT2D eigenvalue weighted by Crippen LogP contribution is -2.26. The summed E-state index contributed by atoms with van der Waals surface area (Å²) in [7, 11) is 0. The monoisotopic (exact) mass is 379 g/mol. The van der Waals surface area contributed by atoms with E-state index in [1.165, 1.54) is 11.3 Å². The van der Waals surface area contributed by atoms with Crippen molar-refractivity contribution in [2.45, 2.75) is 47.0 Å². The molecule has 1 atom stereocenters. The molecular formula is C19H25NO5S. The highest BCUT2D eigenvalue weighted by Gasteiger charge is 2.34. The Morgan fingerprint density at radius 1 is 1.31 bits per heavy atom. The summed E-state index contributed by atoms with van der Waals surface area (Å²) in [6.45, 7) is 8.62. The van der Waals surface area contributed by atoms with Crippen LogP contribution >= 0.6 is 11.3 Å². The van der Waals surface area contributed by atoms with Gasteiger partial charge in [0.15, 0.2) is 0 Å². The maximum Gasteiger partial charge on any atom is 0.341 e. The summed E-state index contributed by atoms with van der Waals surface area (Å²) in [4.78, 5) is 36.1. The minimum atomic E-state index is -1.20. The Morgan fingerprint density at radius 2 is 2.00 bits per heavy atom. The molecule has 142 valence electrons. The predicted octanol–water partition coefficient (Wildman–Crippen LogP) is 3.66. The normalized spacial score (nSPS) is 17.0. The predicted molar refractivity (Wildman–Crippen MR) is 101 cm³/mol. The third-order valence-corrected chi connectivity index (χ3v) is 5.75. The van der Waals surface area contributed by atoms with Crippen molar-refractivity contribution in [3.05, 3.63) is 28.2 Å². The number of ether oxygens (including phenoxy) is 1. The standard InChI is InChI=1S/C19H25NO5S/c1-5-25-18(24)16-12-7-6-11(19(2,3)4)10-13(12)26-17(16)20-14(21)8-9-15(22)23/h8-9,11H,5-7,10H2,1-4H3,(H,20,21)(H,22,23). The number of anilines is 1. The van der Waals surface area contributed by atoms with E-state index in [4.69, 9.17) is 9.84 Å². The van der Waals surface area contributed by atoms with Crippen molar-refractivity contribution < 1.29 is 24.2 Å². The van der Waals surface area contributed by atoms with Crippen molar-refractivity contribution >= 4 is 34.2 Å². The van der Waals surface area contributed by atoms with Gasteiger partial charge < -0.3 is 15.2 Å². The number of fused-ring (bicyclic) bond motifs is 1. The highest BCUT2D eigenvalue weighted by Crippen LogP contribution is 2.44. The van der Waals surface area contributed by atoms with Crippen LogP contribution in [0, 0.1) is 11.3 Å². The molecule has 1 aliphatic carbocycles. The van der Waals surface area contributed by atoms with Crippen LogP contribution in [-0.2, 0) is 27.2 Å². The molecule has 1 aliphatic rings. The fourth-order valence-electron chi connectivity index (χ4n) is 3.13. The minimum Gasteiger partial charge on any atom is -0.478 e. The summed E-state index contributed by atoms with van der Waals surface area (Å²) in [6, 6.07) is 0. The highest BCUT2D eigenvalue weighted by atomic mass is 32.1. The SMILES string of the molecule is CCOC(=O)c1c(NC(=O)C=CC(=O)O)sc2c1CCC(C(C)(C)C)C2. The molecule has 1 aromatic rings. The zero-order chi connectivity index (χ0) is 19.5. The number of thiophene rings is 1. The Labute approximate surface area is 157 Å². The van der Waals surface area contributed by atoms with E-state index in [0.717, 1.165) is 41.9 Å². The van der Waals surface area contributed by atoms with Gasteiger partial charge in [-0.2, -0.15) is 0 Å². The van der Waals surface area contributed by atoms with Crippen LogP contribution in [0.15, 0.2) is 12.2 Å². The molecule has 1 aromatic heterocycles. The number of amides is 1. The van der Waals surface area contributed by atoms with Gasteiger partial charge in [-0.3, -0.25) is 4.79 Å². The first-order valence-corrected chi connectivity index (χ1v) is 9.48. The molecule has 0 bridgehead atoms. The van der Waals surface area contributed by atoms with Gasteiger partial charge in [-0.15, -0.1) is 11.3 Å². The Bertz CT molecular complexity index is 742. The topological polar surface area (TPSA) is 92.7 Å². The molecular weight excluding hydrogens is 354 g/mol. The number of carboxylic acid groups (broad SMARTS) is 1. The number of carboxylic acids is 1. The van der Waals surface area contributed by atoms with Crippen molar-refractivity contribution in [1.29, 1.82) is 0 Å². The van der Waals surface area contributed by atoms with Crippen LogP contribution in [0.2, 0.25) is 0 Å². The number of nitrogens with one attached hydrogen (secondary N) is 1. The molecule has 1 unspecified atom stereocenters. The minimum absolute atomic E-state index is 0.166. The molecule has 6 nitrogen and oxygen atoms in total. The summed E-state index contributed by atoms with van der Waals surface area (Å²) < 4.78 is 5.17. The van der Waals surface area contributed by atoms with E-state index < -0.39 is 17.8 Å². The average molecular weight is 379 g/mol. The van der Waals surface area contributed by atoms with Crippen molar-refractivity contribution in [2.24, 2.45) is 11.3 Å². The van der Waals surface area contributed by atoms with Gasteiger partial charge in [-0.1, -0.05) is 20.8 Å². The van der Waals surface area contributed by atoms with Crippen LogP contribution in [0.3, 0.4) is 0 Å². The number of carbonyl (C=O) groups is 3. The van der Waals surface area contributed by atoms with Crippen LogP contribution in [-0.4, -0.2) is 29.6 Å². The molecule has 26 heavy (non-hydrogen) atoms. The van der Waals surface area contributed by atoms with E-state index in [1.807, 2.05) is 0 Å². The molecule has 0 fully saturated rings. The first kappa shape index (κ1) is 20.2. The second kappa shape index (κ2) is 8.03. The second-order valence-electron chi connectivity index (χ2n) is 7.39. The Hall–Kier alpha value is -2.15. The fourth-order valence-corrected chi connectivity index (χ4v) is 4.45. The van der Waals surface area contributed by atoms with Crippen LogP contribution in [0.4, 0.5) is 5.00 Å². The lowest BCUT2D eigenvalue weighted by molar-refractivity contribution is -0.131. The van der Waals surface area contributed by atoms with Crippen molar-refractivity contribution in [2.75, 3.05) is 11.9 Å². The Balaban J connectivity index is 2.35. The fraction of sp³-hybridized carbons (Fsp3) is 0.526. The second-order valence-corrected chi connectivity index (χ2v) is 8.50. The molecule has 7 heteroatoms. The van der Waals surface area contributed by atoms with Gasteiger partial charge >= 0.3 is 11.9 Å². The molecule has 0 radical (unpaired) electrons. The van der Waals surface area contributed by atoms with Gasteiger partial charge in [-0.05, 0) is 43.1 Å². The molecule has 1 amide bonds. The number of carbonyl (C=O) groups excluding carboxylic acids is 2. The van der Waals surface area contributed by atoms with Gasteiger partial charge in [-0.25, -0.2) is 9.59 Å². The molecule has 0 saturated heterocycles. The largest absolute Gasteiger partial charge is 0.478 e. The van der Waals surface area contributed by atoms with Crippen LogP contribution in [0.25, 0.3) is 0 Å². The Morgan fingerprint density at radius 3 is 2.58 bits per heavy atom. The molecule has 0 aromatic carbocycles. The van der Waals surface area contributed by atoms with E-state index in [9.17, 15) is 14.4 Å². The smallest absolute Gasteiger partial charge is 0.341 e. The molecule has 2 rings (SSSR count). The van der Waals surface area contributed by atoms with Crippen molar-refractivity contribution in [3.63, 3.8) is 0 Å². The number of hydrogen-bond acceptors (Lipinski definition) is 5. The molecule has 0 saturated carbocycles. The third kappa shape index (κ3) is 4.72. The third-order valence-electron chi connectivity index (χ3n) is 4.58.